The quantitative estimate of drug-likeness (QED) is 0.714. The van der Waals surface area contributed by atoms with Gasteiger partial charge in [0.05, 0.1) is 0 Å². The fraction of sp³-hybridized carbons (Fsp3) is 0.500. The van der Waals surface area contributed by atoms with Crippen LogP contribution in [0.3, 0.4) is 0 Å². The standard InChI is InChI=1S/C20H28N4OS/c1-26-17-7-19(23-10-2-3-11-23)20(25)24-15-13-22(14-16-24)12-6-18-4-8-21-9-5-18/h2-5,8-11,19H,6-7,12-17H2,1H3. The van der Waals surface area contributed by atoms with Crippen molar-refractivity contribution in [1.29, 1.82) is 0 Å². The van der Waals surface area contributed by atoms with Crippen LogP contribution in [0.15, 0.2) is 49.1 Å². The lowest BCUT2D eigenvalue weighted by molar-refractivity contribution is -0.136. The first-order valence-corrected chi connectivity index (χ1v) is 10.7. The van der Waals surface area contributed by atoms with E-state index >= 15 is 0 Å². The maximum atomic E-state index is 13.1. The summed E-state index contributed by atoms with van der Waals surface area (Å²) in [6.07, 6.45) is 11.7. The molecule has 3 heterocycles. The molecule has 0 radical (unpaired) electrons. The molecule has 1 atom stereocenters. The molecule has 2 aromatic heterocycles. The molecular weight excluding hydrogens is 344 g/mol. The number of hydrogen-bond donors (Lipinski definition) is 0. The van der Waals surface area contributed by atoms with Crippen molar-refractivity contribution in [2.45, 2.75) is 18.9 Å². The molecule has 1 amide bonds. The van der Waals surface area contributed by atoms with Gasteiger partial charge < -0.3 is 9.47 Å². The van der Waals surface area contributed by atoms with Gasteiger partial charge in [-0.15, -0.1) is 0 Å². The molecule has 1 saturated heterocycles. The molecule has 0 bridgehead atoms. The third kappa shape index (κ3) is 5.11. The smallest absolute Gasteiger partial charge is 0.245 e. The van der Waals surface area contributed by atoms with Crippen molar-refractivity contribution in [3.63, 3.8) is 0 Å². The van der Waals surface area contributed by atoms with Gasteiger partial charge in [0, 0.05) is 57.5 Å². The lowest BCUT2D eigenvalue weighted by Crippen LogP contribution is -2.50. The Hall–Kier alpha value is -1.79. The molecule has 1 fully saturated rings. The Morgan fingerprint density at radius 3 is 2.50 bits per heavy atom. The number of nitrogens with zero attached hydrogens (tertiary/aromatic N) is 4. The zero-order valence-electron chi connectivity index (χ0n) is 15.5. The summed E-state index contributed by atoms with van der Waals surface area (Å²) in [4.78, 5) is 21.6. The van der Waals surface area contributed by atoms with Gasteiger partial charge >= 0.3 is 0 Å². The molecule has 0 aromatic carbocycles. The van der Waals surface area contributed by atoms with E-state index in [0.717, 1.165) is 51.3 Å². The maximum Gasteiger partial charge on any atom is 0.245 e. The van der Waals surface area contributed by atoms with E-state index in [2.05, 4.69) is 32.8 Å². The van der Waals surface area contributed by atoms with Gasteiger partial charge in [-0.25, -0.2) is 0 Å². The van der Waals surface area contributed by atoms with Gasteiger partial charge in [0.1, 0.15) is 6.04 Å². The third-order valence-electron chi connectivity index (χ3n) is 5.02. The summed E-state index contributed by atoms with van der Waals surface area (Å²) in [5.41, 5.74) is 1.32. The van der Waals surface area contributed by atoms with Crippen molar-refractivity contribution in [1.82, 2.24) is 19.4 Å². The van der Waals surface area contributed by atoms with Crippen LogP contribution in [0.1, 0.15) is 18.0 Å². The average molecular weight is 373 g/mol. The van der Waals surface area contributed by atoms with E-state index in [1.165, 1.54) is 5.56 Å². The van der Waals surface area contributed by atoms with Gasteiger partial charge in [-0.05, 0) is 54.7 Å². The fourth-order valence-electron chi connectivity index (χ4n) is 3.42. The van der Waals surface area contributed by atoms with Crippen LogP contribution in [0.25, 0.3) is 0 Å². The molecule has 26 heavy (non-hydrogen) atoms. The molecule has 0 saturated carbocycles. The molecular formula is C20H28N4OS. The third-order valence-corrected chi connectivity index (χ3v) is 5.66. The van der Waals surface area contributed by atoms with E-state index in [4.69, 9.17) is 0 Å². The number of carbonyl (C=O) groups is 1. The van der Waals surface area contributed by atoms with Crippen LogP contribution in [0.4, 0.5) is 0 Å². The SMILES string of the molecule is CSCCC(C(=O)N1CCN(CCc2ccncc2)CC1)n1cccc1. The second-order valence-corrected chi connectivity index (χ2v) is 7.69. The molecule has 1 unspecified atom stereocenters. The van der Waals surface area contributed by atoms with Gasteiger partial charge in [-0.3, -0.25) is 14.7 Å². The number of aromatic nitrogens is 2. The van der Waals surface area contributed by atoms with Crippen LogP contribution in [0, 0.1) is 0 Å². The minimum Gasteiger partial charge on any atom is -0.342 e. The van der Waals surface area contributed by atoms with Gasteiger partial charge in [0.15, 0.2) is 0 Å². The predicted molar refractivity (Wildman–Crippen MR) is 107 cm³/mol. The summed E-state index contributed by atoms with van der Waals surface area (Å²) in [7, 11) is 0. The summed E-state index contributed by atoms with van der Waals surface area (Å²) < 4.78 is 2.06. The number of hydrogen-bond acceptors (Lipinski definition) is 4. The Morgan fingerprint density at radius 2 is 1.85 bits per heavy atom. The number of rotatable bonds is 8. The van der Waals surface area contributed by atoms with Crippen LogP contribution < -0.4 is 0 Å². The number of piperazine rings is 1. The second-order valence-electron chi connectivity index (χ2n) is 6.70. The first kappa shape index (κ1) is 19.0. The van der Waals surface area contributed by atoms with Gasteiger partial charge in [-0.2, -0.15) is 11.8 Å². The normalized spacial score (nSPS) is 16.6. The summed E-state index contributed by atoms with van der Waals surface area (Å²) in [6, 6.07) is 8.08. The second kappa shape index (κ2) is 9.78. The number of pyridine rings is 1. The van der Waals surface area contributed by atoms with Crippen molar-refractivity contribution in [3.05, 3.63) is 54.6 Å². The highest BCUT2D eigenvalue weighted by Gasteiger charge is 2.27. The molecule has 0 aliphatic carbocycles. The highest BCUT2D eigenvalue weighted by Crippen LogP contribution is 2.19. The van der Waals surface area contributed by atoms with Crippen LogP contribution in [0.5, 0.6) is 0 Å². The zero-order chi connectivity index (χ0) is 18.2. The summed E-state index contributed by atoms with van der Waals surface area (Å²) in [6.45, 7) is 4.60. The van der Waals surface area contributed by atoms with Gasteiger partial charge in [0.2, 0.25) is 5.91 Å². The molecule has 140 valence electrons. The zero-order valence-corrected chi connectivity index (χ0v) is 16.3. The van der Waals surface area contributed by atoms with E-state index < -0.39 is 0 Å². The fourth-order valence-corrected chi connectivity index (χ4v) is 3.88. The van der Waals surface area contributed by atoms with Crippen molar-refractivity contribution < 1.29 is 4.79 Å². The summed E-state index contributed by atoms with van der Waals surface area (Å²) >= 11 is 1.80. The lowest BCUT2D eigenvalue weighted by atomic mass is 10.1. The molecule has 3 rings (SSSR count). The molecule has 0 N–H and O–H groups in total. The van der Waals surface area contributed by atoms with E-state index in [-0.39, 0.29) is 11.9 Å². The highest BCUT2D eigenvalue weighted by atomic mass is 32.2. The Balaban J connectivity index is 1.50. The minimum atomic E-state index is -0.0687. The van der Waals surface area contributed by atoms with Crippen molar-refractivity contribution in [3.8, 4) is 0 Å². The van der Waals surface area contributed by atoms with Crippen molar-refractivity contribution in [2.75, 3.05) is 44.7 Å². The van der Waals surface area contributed by atoms with E-state index in [1.807, 2.05) is 41.8 Å². The average Bonchev–Trinajstić information content (AvgIpc) is 3.22. The summed E-state index contributed by atoms with van der Waals surface area (Å²) in [5.74, 6) is 1.27. The van der Waals surface area contributed by atoms with Crippen molar-refractivity contribution >= 4 is 17.7 Å². The Morgan fingerprint density at radius 1 is 1.15 bits per heavy atom. The molecule has 1 aliphatic rings. The maximum absolute atomic E-state index is 13.1. The van der Waals surface area contributed by atoms with E-state index in [0.29, 0.717) is 0 Å². The number of amides is 1. The van der Waals surface area contributed by atoms with Gasteiger partial charge in [-0.1, -0.05) is 0 Å². The Labute approximate surface area is 160 Å². The topological polar surface area (TPSA) is 41.4 Å². The largest absolute Gasteiger partial charge is 0.342 e. The minimum absolute atomic E-state index is 0.0687. The van der Waals surface area contributed by atoms with Gasteiger partial charge in [0.25, 0.3) is 0 Å². The first-order valence-electron chi connectivity index (χ1n) is 9.29. The van der Waals surface area contributed by atoms with Crippen LogP contribution in [-0.4, -0.2) is 70.0 Å². The number of carbonyl (C=O) groups excluding carboxylic acids is 1. The Bertz CT molecular complexity index is 654. The van der Waals surface area contributed by atoms with Crippen LogP contribution >= 0.6 is 11.8 Å². The summed E-state index contributed by atoms with van der Waals surface area (Å²) in [5, 5.41) is 0. The molecule has 5 nitrogen and oxygen atoms in total. The van der Waals surface area contributed by atoms with E-state index in [1.54, 1.807) is 11.8 Å². The molecule has 1 aliphatic heterocycles. The Kier molecular flexibility index (Phi) is 7.14. The monoisotopic (exact) mass is 372 g/mol. The molecule has 6 heteroatoms. The molecule has 0 spiro atoms. The van der Waals surface area contributed by atoms with Crippen LogP contribution in [0.2, 0.25) is 0 Å². The van der Waals surface area contributed by atoms with Crippen LogP contribution in [-0.2, 0) is 11.2 Å². The highest BCUT2D eigenvalue weighted by molar-refractivity contribution is 7.98. The predicted octanol–water partition coefficient (Wildman–Crippen LogP) is 2.56. The van der Waals surface area contributed by atoms with E-state index in [9.17, 15) is 4.79 Å². The lowest BCUT2D eigenvalue weighted by Gasteiger charge is -2.36. The molecule has 2 aromatic rings. The first-order chi connectivity index (χ1) is 12.8. The number of thioether (sulfide) groups is 1. The van der Waals surface area contributed by atoms with Crippen molar-refractivity contribution in [2.24, 2.45) is 0 Å².